The van der Waals surface area contributed by atoms with E-state index in [0.717, 1.165) is 6.07 Å². The van der Waals surface area contributed by atoms with Crippen LogP contribution in [-0.4, -0.2) is 15.5 Å². The summed E-state index contributed by atoms with van der Waals surface area (Å²) in [5, 5.41) is 0. The number of methoxy groups -OCH3 is 1. The maximum atomic E-state index is 13.6. The molecule has 20 heavy (non-hydrogen) atoms. The second kappa shape index (κ2) is 5.38. The molecule has 0 radical (unpaired) electrons. The van der Waals surface area contributed by atoms with Gasteiger partial charge in [0.05, 0.1) is 17.7 Å². The average Bonchev–Trinajstić information content (AvgIpc) is 2.41. The predicted octanol–water partition coefficient (Wildman–Crippen LogP) is 2.22. The number of ether oxygens (including phenoxy) is 1. The van der Waals surface area contributed by atoms with E-state index in [1.165, 1.54) is 43.5 Å². The van der Waals surface area contributed by atoms with E-state index in [9.17, 15) is 12.8 Å². The van der Waals surface area contributed by atoms with Gasteiger partial charge < -0.3 is 10.5 Å². The topological polar surface area (TPSA) is 81.4 Å². The molecule has 0 saturated heterocycles. The van der Waals surface area contributed by atoms with Crippen LogP contribution in [0.3, 0.4) is 0 Å². The Labute approximate surface area is 116 Å². The Bertz CT molecular complexity index is 715. The molecule has 0 saturated carbocycles. The minimum Gasteiger partial charge on any atom is -0.497 e. The van der Waals surface area contributed by atoms with E-state index in [4.69, 9.17) is 10.5 Å². The number of nitrogens with one attached hydrogen (secondary N) is 1. The SMILES string of the molecule is COc1ccc(F)c(NS(=O)(=O)c2ccc(N)cc2)c1. The minimum atomic E-state index is -3.88. The Balaban J connectivity index is 2.35. The number of hydrogen-bond donors (Lipinski definition) is 2. The average molecular weight is 296 g/mol. The number of nitrogen functional groups attached to an aromatic ring is 1. The molecule has 0 atom stereocenters. The first-order chi connectivity index (χ1) is 9.42. The lowest BCUT2D eigenvalue weighted by molar-refractivity contribution is 0.414. The summed E-state index contributed by atoms with van der Waals surface area (Å²) in [6.45, 7) is 0. The van der Waals surface area contributed by atoms with Gasteiger partial charge >= 0.3 is 0 Å². The molecule has 0 heterocycles. The smallest absolute Gasteiger partial charge is 0.261 e. The van der Waals surface area contributed by atoms with Crippen LogP contribution >= 0.6 is 0 Å². The summed E-state index contributed by atoms with van der Waals surface area (Å²) in [5.41, 5.74) is 5.75. The van der Waals surface area contributed by atoms with E-state index in [0.29, 0.717) is 11.4 Å². The third kappa shape index (κ3) is 3.00. The molecule has 106 valence electrons. The van der Waals surface area contributed by atoms with E-state index in [1.54, 1.807) is 0 Å². The molecule has 0 aliphatic heterocycles. The van der Waals surface area contributed by atoms with Gasteiger partial charge in [-0.2, -0.15) is 0 Å². The summed E-state index contributed by atoms with van der Waals surface area (Å²) in [6.07, 6.45) is 0. The van der Waals surface area contributed by atoms with Crippen molar-refractivity contribution in [2.24, 2.45) is 0 Å². The Kier molecular flexibility index (Phi) is 3.80. The molecule has 0 aromatic heterocycles. The quantitative estimate of drug-likeness (QED) is 0.848. The molecule has 0 aliphatic rings. The summed E-state index contributed by atoms with van der Waals surface area (Å²) in [4.78, 5) is -0.00563. The van der Waals surface area contributed by atoms with Gasteiger partial charge in [-0.25, -0.2) is 12.8 Å². The second-order valence-corrected chi connectivity index (χ2v) is 5.70. The molecule has 7 heteroatoms. The normalized spacial score (nSPS) is 11.1. The van der Waals surface area contributed by atoms with E-state index in [1.807, 2.05) is 0 Å². The molecule has 2 rings (SSSR count). The third-order valence-corrected chi connectivity index (χ3v) is 3.99. The largest absolute Gasteiger partial charge is 0.497 e. The van der Waals surface area contributed by atoms with Crippen molar-refractivity contribution in [3.8, 4) is 5.75 Å². The molecule has 0 spiro atoms. The van der Waals surface area contributed by atoms with Crippen LogP contribution in [0.5, 0.6) is 5.75 Å². The molecular formula is C13H13FN2O3S. The van der Waals surface area contributed by atoms with Crippen molar-refractivity contribution in [3.63, 3.8) is 0 Å². The van der Waals surface area contributed by atoms with Crippen molar-refractivity contribution in [1.82, 2.24) is 0 Å². The Hall–Kier alpha value is -2.28. The Morgan fingerprint density at radius 2 is 1.80 bits per heavy atom. The fourth-order valence-electron chi connectivity index (χ4n) is 1.56. The number of sulfonamides is 1. The van der Waals surface area contributed by atoms with Crippen LogP contribution < -0.4 is 15.2 Å². The van der Waals surface area contributed by atoms with E-state index < -0.39 is 15.8 Å². The lowest BCUT2D eigenvalue weighted by Gasteiger charge is -2.10. The van der Waals surface area contributed by atoms with Gasteiger partial charge in [-0.15, -0.1) is 0 Å². The number of anilines is 2. The van der Waals surface area contributed by atoms with Crippen LogP contribution in [-0.2, 0) is 10.0 Å². The lowest BCUT2D eigenvalue weighted by Crippen LogP contribution is -2.14. The van der Waals surface area contributed by atoms with Gasteiger partial charge in [-0.05, 0) is 36.4 Å². The highest BCUT2D eigenvalue weighted by Gasteiger charge is 2.16. The highest BCUT2D eigenvalue weighted by molar-refractivity contribution is 7.92. The first-order valence-corrected chi connectivity index (χ1v) is 7.12. The predicted molar refractivity (Wildman–Crippen MR) is 74.6 cm³/mol. The zero-order chi connectivity index (χ0) is 14.8. The molecule has 2 aromatic rings. The van der Waals surface area contributed by atoms with Gasteiger partial charge in [0, 0.05) is 11.8 Å². The molecule has 0 amide bonds. The van der Waals surface area contributed by atoms with Crippen LogP contribution in [0.1, 0.15) is 0 Å². The van der Waals surface area contributed by atoms with Gasteiger partial charge in [-0.3, -0.25) is 4.72 Å². The standard InChI is InChI=1S/C13H13FN2O3S/c1-19-10-4-7-12(14)13(8-10)16-20(17,18)11-5-2-9(15)3-6-11/h2-8,16H,15H2,1H3. The van der Waals surface area contributed by atoms with Crippen molar-refractivity contribution in [2.45, 2.75) is 4.90 Å². The van der Waals surface area contributed by atoms with Gasteiger partial charge in [0.15, 0.2) is 0 Å². The monoisotopic (exact) mass is 296 g/mol. The maximum absolute atomic E-state index is 13.6. The van der Waals surface area contributed by atoms with Crippen molar-refractivity contribution < 1.29 is 17.5 Å². The third-order valence-electron chi connectivity index (χ3n) is 2.61. The summed E-state index contributed by atoms with van der Waals surface area (Å²) in [6, 6.07) is 9.39. The van der Waals surface area contributed by atoms with E-state index in [2.05, 4.69) is 4.72 Å². The molecule has 0 fully saturated rings. The van der Waals surface area contributed by atoms with E-state index in [-0.39, 0.29) is 10.6 Å². The zero-order valence-corrected chi connectivity index (χ0v) is 11.4. The highest BCUT2D eigenvalue weighted by atomic mass is 32.2. The highest BCUT2D eigenvalue weighted by Crippen LogP contribution is 2.24. The van der Waals surface area contributed by atoms with Gasteiger partial charge in [-0.1, -0.05) is 0 Å². The van der Waals surface area contributed by atoms with Crippen LogP contribution in [0.25, 0.3) is 0 Å². The summed E-state index contributed by atoms with van der Waals surface area (Å²) in [5.74, 6) is -0.341. The minimum absolute atomic E-state index is 0.00563. The zero-order valence-electron chi connectivity index (χ0n) is 10.6. The van der Waals surface area contributed by atoms with Gasteiger partial charge in [0.1, 0.15) is 11.6 Å². The fourth-order valence-corrected chi connectivity index (χ4v) is 2.62. The molecule has 0 bridgehead atoms. The van der Waals surface area contributed by atoms with E-state index >= 15 is 0 Å². The van der Waals surface area contributed by atoms with Crippen molar-refractivity contribution in [2.75, 3.05) is 17.6 Å². The van der Waals surface area contributed by atoms with Gasteiger partial charge in [0.2, 0.25) is 0 Å². The van der Waals surface area contributed by atoms with Crippen LogP contribution in [0.4, 0.5) is 15.8 Å². The Morgan fingerprint density at radius 1 is 1.15 bits per heavy atom. The summed E-state index contributed by atoms with van der Waals surface area (Å²) >= 11 is 0. The number of benzene rings is 2. The van der Waals surface area contributed by atoms with Crippen molar-refractivity contribution in [1.29, 1.82) is 0 Å². The molecule has 0 aliphatic carbocycles. The molecular weight excluding hydrogens is 283 g/mol. The van der Waals surface area contributed by atoms with Crippen LogP contribution in [0.15, 0.2) is 47.4 Å². The number of hydrogen-bond acceptors (Lipinski definition) is 4. The summed E-state index contributed by atoms with van der Waals surface area (Å²) in [7, 11) is -2.47. The first-order valence-electron chi connectivity index (χ1n) is 5.64. The first kappa shape index (κ1) is 14.1. The summed E-state index contributed by atoms with van der Waals surface area (Å²) < 4.78 is 44.9. The van der Waals surface area contributed by atoms with Crippen LogP contribution in [0, 0.1) is 5.82 Å². The number of rotatable bonds is 4. The molecule has 0 unspecified atom stereocenters. The number of nitrogens with two attached hydrogens (primary N) is 1. The maximum Gasteiger partial charge on any atom is 0.261 e. The molecule has 5 nitrogen and oxygen atoms in total. The number of halogens is 1. The van der Waals surface area contributed by atoms with Crippen molar-refractivity contribution >= 4 is 21.4 Å². The van der Waals surface area contributed by atoms with Crippen molar-refractivity contribution in [3.05, 3.63) is 48.3 Å². The molecule has 3 N–H and O–H groups in total. The van der Waals surface area contributed by atoms with Crippen LogP contribution in [0.2, 0.25) is 0 Å². The fraction of sp³-hybridized carbons (Fsp3) is 0.0769. The lowest BCUT2D eigenvalue weighted by atomic mass is 10.3. The Morgan fingerprint density at radius 3 is 2.40 bits per heavy atom. The molecule has 2 aromatic carbocycles. The van der Waals surface area contributed by atoms with Gasteiger partial charge in [0.25, 0.3) is 10.0 Å². The second-order valence-electron chi connectivity index (χ2n) is 4.02.